The summed E-state index contributed by atoms with van der Waals surface area (Å²) in [7, 11) is 0. The number of H-pyrrole nitrogens is 1. The summed E-state index contributed by atoms with van der Waals surface area (Å²) in [5.74, 6) is -1.30. The molecule has 45 heavy (non-hydrogen) atoms. The quantitative estimate of drug-likeness (QED) is 0.173. The number of pyridine rings is 2. The van der Waals surface area contributed by atoms with Gasteiger partial charge in [-0.15, -0.1) is 6.58 Å². The van der Waals surface area contributed by atoms with Crippen LogP contribution in [0.5, 0.6) is 0 Å². The van der Waals surface area contributed by atoms with Gasteiger partial charge in [0.2, 0.25) is 11.8 Å². The van der Waals surface area contributed by atoms with Crippen LogP contribution in [-0.4, -0.2) is 55.0 Å². The van der Waals surface area contributed by atoms with Crippen LogP contribution in [0.2, 0.25) is 5.02 Å². The Bertz CT molecular complexity index is 2010. The van der Waals surface area contributed by atoms with E-state index >= 15 is 0 Å². The van der Waals surface area contributed by atoms with E-state index in [-0.39, 0.29) is 29.2 Å². The molecule has 1 saturated carbocycles. The monoisotopic (exact) mass is 641 g/mol. The summed E-state index contributed by atoms with van der Waals surface area (Å²) in [6.07, 6.45) is 1.68. The number of aromatic nitrogens is 6. The first-order valence-corrected chi connectivity index (χ1v) is 14.4. The topological polar surface area (TPSA) is 115 Å². The van der Waals surface area contributed by atoms with Crippen molar-refractivity contribution in [1.29, 1.82) is 0 Å². The number of anilines is 1. The van der Waals surface area contributed by atoms with Crippen LogP contribution in [0.4, 0.5) is 23.5 Å². The minimum Gasteiger partial charge on any atom is -0.371 e. The van der Waals surface area contributed by atoms with Gasteiger partial charge in [-0.2, -0.15) is 13.2 Å². The molecule has 1 aromatic carbocycles. The van der Waals surface area contributed by atoms with Crippen LogP contribution in [0.15, 0.2) is 64.7 Å². The van der Waals surface area contributed by atoms with Crippen molar-refractivity contribution in [3.05, 3.63) is 87.9 Å². The third-order valence-corrected chi connectivity index (χ3v) is 8.37. The average Bonchev–Trinajstić information content (AvgIpc) is 3.28. The van der Waals surface area contributed by atoms with Crippen LogP contribution < -0.4 is 10.7 Å². The number of nitrogens with one attached hydrogen (secondary N) is 1. The van der Waals surface area contributed by atoms with Gasteiger partial charge in [-0.3, -0.25) is 14.5 Å². The first-order valence-electron chi connectivity index (χ1n) is 14.0. The largest absolute Gasteiger partial charge is 0.439 e. The number of imidazole rings is 1. The highest BCUT2D eigenvalue weighted by atomic mass is 35.5. The second-order valence-electron chi connectivity index (χ2n) is 11.1. The molecule has 5 aromatic rings. The Balaban J connectivity index is 1.43. The Hall–Kier alpha value is -4.56. The van der Waals surface area contributed by atoms with E-state index in [0.29, 0.717) is 58.9 Å². The molecule has 4 aromatic heterocycles. The number of fused-ring (bicyclic) bond motifs is 1. The van der Waals surface area contributed by atoms with Gasteiger partial charge in [0.15, 0.2) is 0 Å². The van der Waals surface area contributed by atoms with Crippen LogP contribution in [-0.2, 0) is 17.5 Å². The maximum atomic E-state index is 14.7. The number of benzene rings is 1. The number of nitrogens with zero attached hydrogens (tertiary/aromatic N) is 6. The minimum absolute atomic E-state index is 0.0376. The van der Waals surface area contributed by atoms with Crippen molar-refractivity contribution in [2.45, 2.75) is 31.2 Å². The summed E-state index contributed by atoms with van der Waals surface area (Å²) in [4.78, 5) is 30.3. The number of rotatable bonds is 7. The molecule has 2 atom stereocenters. The maximum Gasteiger partial charge on any atom is 0.439 e. The molecule has 7 rings (SSSR count). The Kier molecular flexibility index (Phi) is 7.00. The zero-order valence-corrected chi connectivity index (χ0v) is 24.2. The summed E-state index contributed by atoms with van der Waals surface area (Å²) >= 11 is 6.30. The number of morpholine rings is 1. The third-order valence-electron chi connectivity index (χ3n) is 8.16. The van der Waals surface area contributed by atoms with Crippen molar-refractivity contribution in [2.75, 3.05) is 24.6 Å². The van der Waals surface area contributed by atoms with Gasteiger partial charge in [0.1, 0.15) is 11.5 Å². The molecule has 0 bridgehead atoms. The molecule has 1 saturated heterocycles. The van der Waals surface area contributed by atoms with Gasteiger partial charge >= 0.3 is 11.9 Å². The summed E-state index contributed by atoms with van der Waals surface area (Å²) in [5, 5.41) is 4.10. The highest BCUT2D eigenvalue weighted by Crippen LogP contribution is 2.51. The lowest BCUT2D eigenvalue weighted by molar-refractivity contribution is -0.140. The zero-order chi connectivity index (χ0) is 31.5. The Labute approximate surface area is 257 Å². The Morgan fingerprint density at radius 1 is 1.20 bits per heavy atom. The Morgan fingerprint density at radius 3 is 2.76 bits per heavy atom. The lowest BCUT2D eigenvalue weighted by Gasteiger charge is -2.35. The molecule has 5 heterocycles. The summed E-state index contributed by atoms with van der Waals surface area (Å²) in [5.41, 5.74) is 0.566. The van der Waals surface area contributed by atoms with Crippen LogP contribution in [0.1, 0.15) is 24.0 Å². The van der Waals surface area contributed by atoms with Gasteiger partial charge < -0.3 is 14.2 Å². The van der Waals surface area contributed by atoms with Crippen molar-refractivity contribution < 1.29 is 26.8 Å². The first-order chi connectivity index (χ1) is 21.5. The number of alkyl halides is 3. The van der Waals surface area contributed by atoms with Crippen molar-refractivity contribution in [3.63, 3.8) is 0 Å². The smallest absolute Gasteiger partial charge is 0.371 e. The second-order valence-corrected chi connectivity index (χ2v) is 11.6. The maximum absolute atomic E-state index is 14.7. The van der Waals surface area contributed by atoms with Crippen LogP contribution in [0.25, 0.3) is 33.8 Å². The molecule has 0 radical (unpaired) electrons. The van der Waals surface area contributed by atoms with Crippen LogP contribution in [0.3, 0.4) is 0 Å². The standard InChI is InChI=1S/C30H24ClF4N7O3/c1-2-3-18-11-29(18)15-41(6-7-44-29)27-38-22-10-23(26-39-28(43)45-40-26)37-24(17-9-19(31)13-36-12-17)25(22)42(27)14-16-4-5-20(21(32)8-16)30(33,34)35/h2,4-5,8-10,12-13,18H,1,3,6-7,11,14-15H2,(H,39,40,43)/t18-,29?/m0/s1. The lowest BCUT2D eigenvalue weighted by atomic mass is 10.1. The molecular formula is C30H24ClF4N7O3. The highest BCUT2D eigenvalue weighted by Gasteiger charge is 2.57. The molecule has 1 aliphatic carbocycles. The number of halogens is 5. The normalized spacial score (nSPS) is 19.8. The fourth-order valence-electron chi connectivity index (χ4n) is 6.01. The van der Waals surface area contributed by atoms with Crippen LogP contribution >= 0.6 is 11.6 Å². The van der Waals surface area contributed by atoms with Crippen molar-refractivity contribution >= 4 is 28.6 Å². The molecule has 1 N–H and O–H groups in total. The van der Waals surface area contributed by atoms with E-state index in [0.717, 1.165) is 25.0 Å². The molecule has 1 spiro atoms. The van der Waals surface area contributed by atoms with Gasteiger partial charge in [-0.05, 0) is 48.6 Å². The average molecular weight is 642 g/mol. The van der Waals surface area contributed by atoms with Crippen molar-refractivity contribution in [2.24, 2.45) is 5.92 Å². The van der Waals surface area contributed by atoms with E-state index in [9.17, 15) is 22.4 Å². The first kappa shape index (κ1) is 29.2. The zero-order valence-electron chi connectivity index (χ0n) is 23.4. The second kappa shape index (κ2) is 10.8. The van der Waals surface area contributed by atoms with Crippen LogP contribution in [0, 0.1) is 11.7 Å². The summed E-state index contributed by atoms with van der Waals surface area (Å²) in [6.45, 7) is 5.24. The minimum atomic E-state index is -4.83. The molecule has 2 fully saturated rings. The van der Waals surface area contributed by atoms with E-state index in [1.54, 1.807) is 22.9 Å². The highest BCUT2D eigenvalue weighted by molar-refractivity contribution is 6.30. The van der Waals surface area contributed by atoms with Gasteiger partial charge in [0, 0.05) is 24.5 Å². The molecule has 0 amide bonds. The van der Waals surface area contributed by atoms with E-state index < -0.39 is 23.3 Å². The number of hydrogen-bond donors (Lipinski definition) is 1. The molecule has 1 unspecified atom stereocenters. The summed E-state index contributed by atoms with van der Waals surface area (Å²) < 4.78 is 67.5. The molecular weight excluding hydrogens is 618 g/mol. The third kappa shape index (κ3) is 5.37. The van der Waals surface area contributed by atoms with Gasteiger partial charge in [-0.1, -0.05) is 28.9 Å². The predicted octanol–water partition coefficient (Wildman–Crippen LogP) is 5.87. The summed E-state index contributed by atoms with van der Waals surface area (Å²) in [6, 6.07) is 6.12. The van der Waals surface area contributed by atoms with E-state index in [2.05, 4.69) is 26.6 Å². The SMILES string of the molecule is C=CC[C@H]1CC12CN(c1nc3cc(-c4noc(=O)[nH]4)nc(-c4cncc(Cl)c4)c3n1Cc1ccc(C(F)(F)F)c(F)c1)CCO2. The number of hydrogen-bond acceptors (Lipinski definition) is 8. The van der Waals surface area contributed by atoms with E-state index in [4.69, 9.17) is 30.8 Å². The molecule has 2 aliphatic rings. The fourth-order valence-corrected chi connectivity index (χ4v) is 6.19. The fraction of sp³-hybridized carbons (Fsp3) is 0.300. The van der Waals surface area contributed by atoms with Gasteiger partial charge in [0.05, 0.1) is 52.6 Å². The van der Waals surface area contributed by atoms with Crippen molar-refractivity contribution in [1.82, 2.24) is 29.7 Å². The molecule has 232 valence electrons. The van der Waals surface area contributed by atoms with E-state index in [1.165, 1.54) is 12.3 Å². The van der Waals surface area contributed by atoms with Gasteiger partial charge in [-0.25, -0.2) is 19.2 Å². The Morgan fingerprint density at radius 2 is 2.04 bits per heavy atom. The van der Waals surface area contributed by atoms with Crippen molar-refractivity contribution in [3.8, 4) is 22.8 Å². The predicted molar refractivity (Wildman–Crippen MR) is 156 cm³/mol. The van der Waals surface area contributed by atoms with Gasteiger partial charge in [0.25, 0.3) is 0 Å². The molecule has 15 heteroatoms. The molecule has 10 nitrogen and oxygen atoms in total. The van der Waals surface area contributed by atoms with E-state index in [1.807, 2.05) is 6.08 Å². The number of aromatic amines is 1. The number of allylic oxidation sites excluding steroid dienone is 1. The molecule has 1 aliphatic heterocycles. The lowest BCUT2D eigenvalue weighted by Crippen LogP contribution is -2.46. The number of ether oxygens (including phenoxy) is 1.